The van der Waals surface area contributed by atoms with E-state index >= 15 is 0 Å². The summed E-state index contributed by atoms with van der Waals surface area (Å²) in [6, 6.07) is 0. The Labute approximate surface area is 88.0 Å². The molecule has 1 aliphatic heterocycles. The van der Waals surface area contributed by atoms with Gasteiger partial charge in [0.05, 0.1) is 0 Å². The molecule has 0 unspecified atom stereocenters. The lowest BCUT2D eigenvalue weighted by molar-refractivity contribution is 0.0789. The molecule has 0 radical (unpaired) electrons. The van der Waals surface area contributed by atoms with Gasteiger partial charge in [-0.25, -0.2) is 0 Å². The summed E-state index contributed by atoms with van der Waals surface area (Å²) in [5.41, 5.74) is 6.23. The third kappa shape index (κ3) is 3.56. The van der Waals surface area contributed by atoms with Crippen molar-refractivity contribution in [1.82, 2.24) is 10.2 Å². The minimum absolute atomic E-state index is 0.0750. The Hall–Kier alpha value is -0.120. The van der Waals surface area contributed by atoms with E-state index in [1.165, 1.54) is 0 Å². The smallest absolute Gasteiger partial charge is 0.0171 e. The van der Waals surface area contributed by atoms with Gasteiger partial charge in [-0.05, 0) is 34.1 Å². The predicted molar refractivity (Wildman–Crippen MR) is 61.4 cm³/mol. The molecule has 0 aliphatic carbocycles. The molecule has 0 amide bonds. The van der Waals surface area contributed by atoms with Crippen LogP contribution in [0.5, 0.6) is 0 Å². The summed E-state index contributed by atoms with van der Waals surface area (Å²) in [7, 11) is 0. The third-order valence-corrected chi connectivity index (χ3v) is 2.86. The van der Waals surface area contributed by atoms with Crippen LogP contribution in [0.25, 0.3) is 0 Å². The maximum Gasteiger partial charge on any atom is 0.0171 e. The van der Waals surface area contributed by atoms with Crippen molar-refractivity contribution >= 4 is 0 Å². The van der Waals surface area contributed by atoms with E-state index in [2.05, 4.69) is 37.9 Å². The van der Waals surface area contributed by atoms with Crippen molar-refractivity contribution in [3.05, 3.63) is 0 Å². The van der Waals surface area contributed by atoms with Crippen molar-refractivity contribution in [3.63, 3.8) is 0 Å². The lowest BCUT2D eigenvalue weighted by Gasteiger charge is -2.44. The van der Waals surface area contributed by atoms with Crippen LogP contribution in [-0.2, 0) is 0 Å². The van der Waals surface area contributed by atoms with Crippen LogP contribution >= 0.6 is 0 Å². The highest BCUT2D eigenvalue weighted by Crippen LogP contribution is 2.24. The number of rotatable bonds is 3. The molecule has 0 aromatic rings. The molecule has 0 bridgehead atoms. The van der Waals surface area contributed by atoms with Gasteiger partial charge in [0, 0.05) is 37.3 Å². The van der Waals surface area contributed by atoms with Crippen LogP contribution in [0.4, 0.5) is 0 Å². The van der Waals surface area contributed by atoms with E-state index in [-0.39, 0.29) is 11.1 Å². The SMILES string of the molecule is CC(C)(N)CC(C)(C)N1CCNCC1. The highest BCUT2D eigenvalue weighted by atomic mass is 15.2. The molecule has 1 heterocycles. The molecule has 84 valence electrons. The zero-order chi connectivity index (χ0) is 10.8. The van der Waals surface area contributed by atoms with Gasteiger partial charge in [0.15, 0.2) is 0 Å². The average molecular weight is 199 g/mol. The van der Waals surface area contributed by atoms with E-state index < -0.39 is 0 Å². The Balaban J connectivity index is 2.54. The lowest BCUT2D eigenvalue weighted by Crippen LogP contribution is -2.56. The molecule has 0 saturated carbocycles. The van der Waals surface area contributed by atoms with Gasteiger partial charge in [-0.3, -0.25) is 4.90 Å². The van der Waals surface area contributed by atoms with Gasteiger partial charge < -0.3 is 11.1 Å². The minimum Gasteiger partial charge on any atom is -0.325 e. The molecule has 14 heavy (non-hydrogen) atoms. The molecular formula is C11H25N3. The summed E-state index contributed by atoms with van der Waals surface area (Å²) in [5.74, 6) is 0. The fourth-order valence-electron chi connectivity index (χ4n) is 2.50. The summed E-state index contributed by atoms with van der Waals surface area (Å²) >= 11 is 0. The zero-order valence-corrected chi connectivity index (χ0v) is 10.1. The van der Waals surface area contributed by atoms with Gasteiger partial charge >= 0.3 is 0 Å². The third-order valence-electron chi connectivity index (χ3n) is 2.86. The monoisotopic (exact) mass is 199 g/mol. The van der Waals surface area contributed by atoms with Crippen molar-refractivity contribution in [1.29, 1.82) is 0 Å². The van der Waals surface area contributed by atoms with Crippen LogP contribution in [0.3, 0.4) is 0 Å². The molecule has 3 N–H and O–H groups in total. The number of nitrogens with one attached hydrogen (secondary N) is 1. The lowest BCUT2D eigenvalue weighted by atomic mass is 9.86. The fourth-order valence-corrected chi connectivity index (χ4v) is 2.50. The summed E-state index contributed by atoms with van der Waals surface area (Å²) < 4.78 is 0. The van der Waals surface area contributed by atoms with Gasteiger partial charge in [0.1, 0.15) is 0 Å². The van der Waals surface area contributed by atoms with E-state index in [0.717, 1.165) is 32.6 Å². The van der Waals surface area contributed by atoms with Gasteiger partial charge in [-0.15, -0.1) is 0 Å². The number of nitrogens with zero attached hydrogens (tertiary/aromatic N) is 1. The maximum atomic E-state index is 6.09. The average Bonchev–Trinajstić information content (AvgIpc) is 2.01. The molecule has 0 atom stereocenters. The first-order chi connectivity index (χ1) is 6.31. The van der Waals surface area contributed by atoms with Crippen LogP contribution in [0.15, 0.2) is 0 Å². The van der Waals surface area contributed by atoms with Crippen LogP contribution < -0.4 is 11.1 Å². The Kier molecular flexibility index (Phi) is 3.56. The molecule has 0 spiro atoms. The highest BCUT2D eigenvalue weighted by molar-refractivity contribution is 4.91. The van der Waals surface area contributed by atoms with E-state index in [1.54, 1.807) is 0 Å². The molecular weight excluding hydrogens is 174 g/mol. The first-order valence-corrected chi connectivity index (χ1v) is 5.56. The predicted octanol–water partition coefficient (Wildman–Crippen LogP) is 0.798. The minimum atomic E-state index is -0.0750. The summed E-state index contributed by atoms with van der Waals surface area (Å²) in [6.45, 7) is 13.3. The van der Waals surface area contributed by atoms with E-state index in [9.17, 15) is 0 Å². The van der Waals surface area contributed by atoms with Gasteiger partial charge in [-0.1, -0.05) is 0 Å². The Bertz CT molecular complexity index is 175. The van der Waals surface area contributed by atoms with Crippen molar-refractivity contribution in [2.75, 3.05) is 26.2 Å². The largest absolute Gasteiger partial charge is 0.325 e. The normalized spacial score (nSPS) is 21.2. The zero-order valence-electron chi connectivity index (χ0n) is 10.1. The van der Waals surface area contributed by atoms with Crippen molar-refractivity contribution in [2.24, 2.45) is 5.73 Å². The first-order valence-electron chi connectivity index (χ1n) is 5.56. The second-order valence-corrected chi connectivity index (χ2v) is 5.71. The van der Waals surface area contributed by atoms with Crippen molar-refractivity contribution < 1.29 is 0 Å². The molecule has 1 rings (SSSR count). The van der Waals surface area contributed by atoms with Crippen LogP contribution in [0.2, 0.25) is 0 Å². The summed E-state index contributed by atoms with van der Waals surface area (Å²) in [5, 5.41) is 3.38. The Morgan fingerprint density at radius 3 is 2.07 bits per heavy atom. The van der Waals surface area contributed by atoms with Crippen molar-refractivity contribution in [3.8, 4) is 0 Å². The number of hydrogen-bond acceptors (Lipinski definition) is 3. The van der Waals surface area contributed by atoms with Gasteiger partial charge in [0.2, 0.25) is 0 Å². The topological polar surface area (TPSA) is 41.3 Å². The standard InChI is InChI=1S/C11H25N3/c1-10(2,12)9-11(3,4)14-7-5-13-6-8-14/h13H,5-9,12H2,1-4H3. The second kappa shape index (κ2) is 4.17. The number of nitrogens with two attached hydrogens (primary N) is 1. The fraction of sp³-hybridized carbons (Fsp3) is 1.00. The first kappa shape index (κ1) is 12.0. The molecule has 0 aromatic heterocycles. The molecule has 1 aliphatic rings. The van der Waals surface area contributed by atoms with E-state index in [4.69, 9.17) is 5.73 Å². The van der Waals surface area contributed by atoms with Gasteiger partial charge in [0.25, 0.3) is 0 Å². The molecule has 1 fully saturated rings. The maximum absolute atomic E-state index is 6.09. The number of hydrogen-bond donors (Lipinski definition) is 2. The number of piperazine rings is 1. The second-order valence-electron chi connectivity index (χ2n) is 5.71. The van der Waals surface area contributed by atoms with Crippen molar-refractivity contribution in [2.45, 2.75) is 45.2 Å². The molecule has 3 heteroatoms. The Morgan fingerprint density at radius 1 is 1.14 bits per heavy atom. The summed E-state index contributed by atoms with van der Waals surface area (Å²) in [6.07, 6.45) is 1.04. The molecule has 3 nitrogen and oxygen atoms in total. The van der Waals surface area contributed by atoms with Gasteiger partial charge in [-0.2, -0.15) is 0 Å². The Morgan fingerprint density at radius 2 is 1.64 bits per heavy atom. The highest BCUT2D eigenvalue weighted by Gasteiger charge is 2.32. The van der Waals surface area contributed by atoms with E-state index in [0.29, 0.717) is 0 Å². The molecule has 1 saturated heterocycles. The summed E-state index contributed by atoms with van der Waals surface area (Å²) in [4.78, 5) is 2.54. The van der Waals surface area contributed by atoms with Crippen LogP contribution in [0, 0.1) is 0 Å². The van der Waals surface area contributed by atoms with Crippen LogP contribution in [0.1, 0.15) is 34.1 Å². The molecule has 0 aromatic carbocycles. The quantitative estimate of drug-likeness (QED) is 0.706. The van der Waals surface area contributed by atoms with E-state index in [1.807, 2.05) is 0 Å². The van der Waals surface area contributed by atoms with Crippen LogP contribution in [-0.4, -0.2) is 42.2 Å².